The predicted molar refractivity (Wildman–Crippen MR) is 234 cm³/mol. The lowest BCUT2D eigenvalue weighted by Crippen LogP contribution is -2.63. The maximum absolute atomic E-state index is 13.7. The zero-order chi connectivity index (χ0) is 44.6. The zero-order valence-electron chi connectivity index (χ0n) is 35.6. The lowest BCUT2D eigenvalue weighted by Gasteiger charge is -2.61. The molecule has 1 unspecified atom stereocenters. The summed E-state index contributed by atoms with van der Waals surface area (Å²) in [5.74, 6) is 0.0941. The molecule has 5 heterocycles. The van der Waals surface area contributed by atoms with Crippen molar-refractivity contribution in [3.05, 3.63) is 88.2 Å². The van der Waals surface area contributed by atoms with E-state index in [-0.39, 0.29) is 30.3 Å². The number of fused-ring (bicyclic) bond motifs is 2. The number of likely N-dealkylation sites (tertiary alicyclic amines) is 1. The molecule has 5 aliphatic rings. The molecule has 3 aliphatic heterocycles. The lowest BCUT2D eigenvalue weighted by atomic mass is 9.54. The Labute approximate surface area is 367 Å². The molecule has 2 aromatic heterocycles. The van der Waals surface area contributed by atoms with Crippen LogP contribution in [0.1, 0.15) is 121 Å². The zero-order valence-corrected chi connectivity index (χ0v) is 36.4. The number of carbonyl (C=O) groups excluding carboxylic acids is 4. The highest BCUT2D eigenvalue weighted by Crippen LogP contribution is 2.55. The number of alkyl halides is 3. The Morgan fingerprint density at radius 1 is 1.02 bits per heavy atom. The van der Waals surface area contributed by atoms with Crippen molar-refractivity contribution in [1.29, 1.82) is 0 Å². The number of halogens is 3. The van der Waals surface area contributed by atoms with Crippen LogP contribution in [0.4, 0.5) is 24.5 Å². The van der Waals surface area contributed by atoms with Crippen LogP contribution in [0.2, 0.25) is 0 Å². The van der Waals surface area contributed by atoms with Crippen LogP contribution in [0, 0.1) is 23.2 Å². The van der Waals surface area contributed by atoms with Crippen molar-refractivity contribution in [3.63, 3.8) is 0 Å². The topological polar surface area (TPSA) is 157 Å². The third kappa shape index (κ3) is 8.37. The highest BCUT2D eigenvalue weighted by Gasteiger charge is 2.53. The number of rotatable bonds is 11. The van der Waals surface area contributed by atoms with Crippen molar-refractivity contribution in [3.8, 4) is 0 Å². The molecule has 4 N–H and O–H groups in total. The van der Waals surface area contributed by atoms with Crippen molar-refractivity contribution in [1.82, 2.24) is 25.1 Å². The smallest absolute Gasteiger partial charge is 0.386 e. The highest BCUT2D eigenvalue weighted by atomic mass is 32.1. The van der Waals surface area contributed by atoms with E-state index < -0.39 is 35.3 Å². The fourth-order valence-electron chi connectivity index (χ4n) is 10.6. The highest BCUT2D eigenvalue weighted by molar-refractivity contribution is 7.18. The number of carbonyl (C=O) groups is 4. The summed E-state index contributed by atoms with van der Waals surface area (Å²) in [4.78, 5) is 63.7. The van der Waals surface area contributed by atoms with Gasteiger partial charge in [0.25, 0.3) is 11.8 Å². The Morgan fingerprint density at radius 2 is 1.75 bits per heavy atom. The number of nitrogens with zero attached hydrogens (tertiary/aromatic N) is 4. The number of aliphatic hydroxyl groups is 1. The number of nitrogens with one attached hydrogen (secondary N) is 3. The van der Waals surface area contributed by atoms with Crippen LogP contribution >= 0.6 is 11.3 Å². The summed E-state index contributed by atoms with van der Waals surface area (Å²) in [6.07, 6.45) is 2.45. The number of benzene rings is 2. The first kappa shape index (κ1) is 43.1. The Bertz CT molecular complexity index is 2510. The Morgan fingerprint density at radius 3 is 2.44 bits per heavy atom. The first-order valence-corrected chi connectivity index (χ1v) is 22.7. The molecule has 0 bridgehead atoms. The largest absolute Gasteiger partial charge is 0.433 e. The van der Waals surface area contributed by atoms with Crippen molar-refractivity contribution in [2.75, 3.05) is 36.8 Å². The summed E-state index contributed by atoms with van der Waals surface area (Å²) in [5, 5.41) is 20.6. The van der Waals surface area contributed by atoms with Crippen LogP contribution in [0.5, 0.6) is 0 Å². The summed E-state index contributed by atoms with van der Waals surface area (Å²) in [5.41, 5.74) is 1.41. The molecule has 63 heavy (non-hydrogen) atoms. The second kappa shape index (κ2) is 16.1. The fraction of sp³-hybridized carbons (Fsp3) is 0.489. The minimum absolute atomic E-state index is 0.185. The molecule has 16 heteroatoms. The van der Waals surface area contributed by atoms with Crippen LogP contribution in [-0.4, -0.2) is 80.7 Å². The molecule has 2 atom stereocenters. The van der Waals surface area contributed by atoms with Crippen LogP contribution in [0.15, 0.2) is 55.1 Å². The van der Waals surface area contributed by atoms with E-state index in [4.69, 9.17) is 4.98 Å². The van der Waals surface area contributed by atoms with Crippen molar-refractivity contribution in [2.45, 2.75) is 95.9 Å². The van der Waals surface area contributed by atoms with Gasteiger partial charge in [0.1, 0.15) is 17.4 Å². The van der Waals surface area contributed by atoms with Crippen molar-refractivity contribution < 1.29 is 37.5 Å². The van der Waals surface area contributed by atoms with E-state index in [1.54, 1.807) is 37.3 Å². The molecule has 4 aromatic rings. The van der Waals surface area contributed by atoms with Crippen molar-refractivity contribution in [2.24, 2.45) is 23.2 Å². The van der Waals surface area contributed by atoms with Gasteiger partial charge in [-0.1, -0.05) is 31.7 Å². The number of pyridine rings is 1. The van der Waals surface area contributed by atoms with Crippen LogP contribution < -0.4 is 16.0 Å². The second-order valence-corrected chi connectivity index (χ2v) is 20.1. The van der Waals surface area contributed by atoms with Crippen LogP contribution in [0.3, 0.4) is 0 Å². The summed E-state index contributed by atoms with van der Waals surface area (Å²) in [6, 6.07) is 11.6. The maximum Gasteiger partial charge on any atom is 0.433 e. The molecular formula is C47H52F3N7O5S. The molecular weight excluding hydrogens is 832 g/mol. The van der Waals surface area contributed by atoms with Gasteiger partial charge in [-0.25, -0.2) is 9.97 Å². The number of hydrogen-bond donors (Lipinski definition) is 4. The predicted octanol–water partition coefficient (Wildman–Crippen LogP) is 8.16. The molecule has 1 spiro atoms. The molecule has 2 saturated carbocycles. The molecule has 2 aliphatic carbocycles. The number of aromatic nitrogens is 2. The molecule has 0 radical (unpaired) electrons. The van der Waals surface area contributed by atoms with E-state index in [1.807, 2.05) is 18.2 Å². The fourth-order valence-corrected chi connectivity index (χ4v) is 11.8. The molecule has 9 rings (SSSR count). The first-order valence-electron chi connectivity index (χ1n) is 21.8. The number of hydrogen-bond acceptors (Lipinski definition) is 10. The van der Waals surface area contributed by atoms with Gasteiger partial charge in [0.2, 0.25) is 11.8 Å². The van der Waals surface area contributed by atoms with E-state index in [0.29, 0.717) is 62.7 Å². The maximum atomic E-state index is 13.7. The van der Waals surface area contributed by atoms with Gasteiger partial charge in [-0.15, -0.1) is 11.3 Å². The van der Waals surface area contributed by atoms with Gasteiger partial charge in [-0.3, -0.25) is 29.4 Å². The van der Waals surface area contributed by atoms with Gasteiger partial charge in [-0.2, -0.15) is 13.2 Å². The van der Waals surface area contributed by atoms with E-state index in [1.165, 1.54) is 23.8 Å². The molecule has 4 fully saturated rings. The van der Waals surface area contributed by atoms with Crippen LogP contribution in [0.25, 0.3) is 15.9 Å². The number of imide groups is 1. The Kier molecular flexibility index (Phi) is 11.0. The summed E-state index contributed by atoms with van der Waals surface area (Å²) in [6.45, 7) is 13.7. The number of piperidine rings is 1. The van der Waals surface area contributed by atoms with E-state index in [0.717, 1.165) is 79.4 Å². The number of amides is 4. The summed E-state index contributed by atoms with van der Waals surface area (Å²) < 4.78 is 40.7. The van der Waals surface area contributed by atoms with E-state index >= 15 is 0 Å². The van der Waals surface area contributed by atoms with Crippen LogP contribution in [-0.2, 0) is 21.4 Å². The molecule has 332 valence electrons. The number of thiazole rings is 1. The average molecular weight is 884 g/mol. The lowest BCUT2D eigenvalue weighted by molar-refractivity contribution is -0.141. The van der Waals surface area contributed by atoms with Gasteiger partial charge in [-0.05, 0) is 112 Å². The third-order valence-corrected chi connectivity index (χ3v) is 15.2. The molecule has 2 saturated heterocycles. The summed E-state index contributed by atoms with van der Waals surface area (Å²) in [7, 11) is 0. The van der Waals surface area contributed by atoms with Crippen molar-refractivity contribution >= 4 is 62.3 Å². The molecule has 12 nitrogen and oxygen atoms in total. The summed E-state index contributed by atoms with van der Waals surface area (Å²) >= 11 is 1.56. The van der Waals surface area contributed by atoms with Gasteiger partial charge >= 0.3 is 6.18 Å². The normalized spacial score (nSPS) is 23.3. The first-order chi connectivity index (χ1) is 29.9. The van der Waals surface area contributed by atoms with E-state index in [9.17, 15) is 37.5 Å². The standard InChI is InChI=1S/C47H52F3N7O5S/c1-25(21-51-32-8-5-7-30-26(2)57(44(61)40(30)32)36-15-16-39(58)55-42(36)60)29-19-46(20-29)23-56(24-46)22-27-11-13-28(14-12-27)43-54-35-17-31(45(3,4)62)34(18-37(35)63-43)53-41(59)33-9-6-10-38(52-33)47(48,49)50/h5-10,17-18,25,27-29,36,51,62H,2,11-16,19-24H2,1,3-4H3,(H,53,59)(H,55,58,60)/t25-,27-,28-,36?/m1/s1. The molecule has 4 amide bonds. The SMILES string of the molecule is C=C1c2cccc(NC[C@@H](C)C3CC4(C3)CN(C[C@H]3CC[C@H](c5nc6cc(C(C)(C)O)c(NC(=O)c7cccc(C(F)(F)F)n7)cc6s5)CC3)C4)c2C(=O)N1C1CCC(=O)NC1=O. The number of anilines is 2. The minimum Gasteiger partial charge on any atom is -0.386 e. The minimum atomic E-state index is -4.69. The third-order valence-electron chi connectivity index (χ3n) is 14.0. The second-order valence-electron chi connectivity index (χ2n) is 19.1. The Balaban J connectivity index is 0.745. The molecule has 2 aromatic carbocycles. The Hall–Kier alpha value is -5.19. The van der Waals surface area contributed by atoms with Gasteiger partial charge in [0, 0.05) is 66.7 Å². The van der Waals surface area contributed by atoms with Gasteiger partial charge < -0.3 is 20.6 Å². The average Bonchev–Trinajstić information content (AvgIpc) is 3.74. The van der Waals surface area contributed by atoms with Gasteiger partial charge in [0.15, 0.2) is 0 Å². The quantitative estimate of drug-likeness (QED) is 0.109. The monoisotopic (exact) mass is 883 g/mol. The van der Waals surface area contributed by atoms with E-state index in [2.05, 4.69) is 39.3 Å². The van der Waals surface area contributed by atoms with Gasteiger partial charge in [0.05, 0.1) is 26.4 Å².